The predicted octanol–water partition coefficient (Wildman–Crippen LogP) is 3.97. The first-order valence-corrected chi connectivity index (χ1v) is 15.8. The number of sulfonamides is 1. The van der Waals surface area contributed by atoms with E-state index in [2.05, 4.69) is 14.5 Å². The number of ether oxygens (including phenoxy) is 1. The molecule has 5 rings (SSSR count). The normalized spacial score (nSPS) is 29.7. The van der Waals surface area contributed by atoms with Crippen molar-refractivity contribution in [2.24, 2.45) is 5.41 Å². The van der Waals surface area contributed by atoms with Crippen LogP contribution in [0.1, 0.15) is 75.7 Å². The van der Waals surface area contributed by atoms with Crippen LogP contribution in [0, 0.1) is 5.41 Å². The van der Waals surface area contributed by atoms with Gasteiger partial charge in [0.15, 0.2) is 0 Å². The second-order valence-corrected chi connectivity index (χ2v) is 14.0. The number of nitrogens with one attached hydrogen (secondary N) is 1. The highest BCUT2D eigenvalue weighted by molar-refractivity contribution is 7.89. The zero-order valence-corrected chi connectivity index (χ0v) is 23.3. The number of aliphatic hydroxyl groups excluding tert-OH is 1. The summed E-state index contributed by atoms with van der Waals surface area (Å²) in [7, 11) is -1.91. The van der Waals surface area contributed by atoms with Crippen molar-refractivity contribution in [3.63, 3.8) is 0 Å². The molecular weight excluding hydrogens is 512 g/mol. The first-order valence-electron chi connectivity index (χ1n) is 14.3. The number of hydrogen-bond donors (Lipinski definition) is 2. The van der Waals surface area contributed by atoms with Crippen LogP contribution in [0.3, 0.4) is 0 Å². The van der Waals surface area contributed by atoms with Crippen LogP contribution in [-0.4, -0.2) is 87.8 Å². The summed E-state index contributed by atoms with van der Waals surface area (Å²) in [6.45, 7) is 2.99. The van der Waals surface area contributed by atoms with Gasteiger partial charge in [-0.3, -0.25) is 0 Å². The molecule has 2 saturated carbocycles. The molecule has 2 aliphatic heterocycles. The topological polar surface area (TPSA) is 82.1 Å². The summed E-state index contributed by atoms with van der Waals surface area (Å²) in [6, 6.07) is 5.69. The van der Waals surface area contributed by atoms with Crippen molar-refractivity contribution in [2.45, 2.75) is 93.1 Å². The van der Waals surface area contributed by atoms with Crippen molar-refractivity contribution in [2.75, 3.05) is 46.4 Å². The van der Waals surface area contributed by atoms with Gasteiger partial charge in [-0.15, -0.1) is 0 Å². The molecule has 1 aromatic rings. The van der Waals surface area contributed by atoms with E-state index in [1.54, 1.807) is 6.07 Å². The largest absolute Gasteiger partial charge is 0.492 e. The molecule has 1 spiro atoms. The Morgan fingerprint density at radius 2 is 1.74 bits per heavy atom. The number of halogens is 2. The molecule has 1 unspecified atom stereocenters. The lowest BCUT2D eigenvalue weighted by Gasteiger charge is -2.47. The monoisotopic (exact) mass is 555 g/mol. The SMILES string of the molecule is CN1CC(O)CNS(=O)(=O)c2ccc(C3CCCC3)cc2OCC2(CCN(C3CCC(F)(F)CC3)CC2)C1. The number of piperidine rings is 1. The Labute approximate surface area is 226 Å². The van der Waals surface area contributed by atoms with Crippen molar-refractivity contribution in [1.82, 2.24) is 14.5 Å². The van der Waals surface area contributed by atoms with Gasteiger partial charge in [0.05, 0.1) is 12.7 Å². The van der Waals surface area contributed by atoms with Gasteiger partial charge in [-0.2, -0.15) is 0 Å². The maximum atomic E-state index is 13.7. The zero-order chi connectivity index (χ0) is 27.0. The van der Waals surface area contributed by atoms with Crippen LogP contribution in [0.2, 0.25) is 0 Å². The third-order valence-corrected chi connectivity index (χ3v) is 10.8. The molecule has 2 heterocycles. The Morgan fingerprint density at radius 1 is 1.05 bits per heavy atom. The molecule has 0 bridgehead atoms. The molecule has 1 saturated heterocycles. The molecule has 38 heavy (non-hydrogen) atoms. The Bertz CT molecular complexity index is 1060. The fraction of sp³-hybridized carbons (Fsp3) is 0.786. The van der Waals surface area contributed by atoms with Crippen LogP contribution in [0.4, 0.5) is 8.78 Å². The van der Waals surface area contributed by atoms with Gasteiger partial charge in [-0.05, 0) is 82.3 Å². The predicted molar refractivity (Wildman–Crippen MR) is 142 cm³/mol. The van der Waals surface area contributed by atoms with Crippen molar-refractivity contribution >= 4 is 10.0 Å². The summed E-state index contributed by atoms with van der Waals surface area (Å²) >= 11 is 0. The highest BCUT2D eigenvalue weighted by Crippen LogP contribution is 2.41. The third-order valence-electron chi connectivity index (χ3n) is 9.32. The van der Waals surface area contributed by atoms with E-state index in [9.17, 15) is 22.3 Å². The minimum absolute atomic E-state index is 0.0360. The molecular formula is C28H43F2N3O4S. The fourth-order valence-electron chi connectivity index (χ4n) is 7.05. The van der Waals surface area contributed by atoms with Crippen LogP contribution < -0.4 is 9.46 Å². The van der Waals surface area contributed by atoms with E-state index in [0.29, 0.717) is 44.2 Å². The molecule has 4 aliphatic rings. The summed E-state index contributed by atoms with van der Waals surface area (Å²) < 4.78 is 62.9. The molecule has 7 nitrogen and oxygen atoms in total. The lowest BCUT2D eigenvalue weighted by Crippen LogP contribution is -2.53. The van der Waals surface area contributed by atoms with Crippen LogP contribution in [0.5, 0.6) is 5.75 Å². The molecule has 214 valence electrons. The smallest absolute Gasteiger partial charge is 0.248 e. The maximum Gasteiger partial charge on any atom is 0.248 e. The summed E-state index contributed by atoms with van der Waals surface area (Å²) in [5.41, 5.74) is 0.902. The van der Waals surface area contributed by atoms with Crippen LogP contribution >= 0.6 is 0 Å². The van der Waals surface area contributed by atoms with E-state index >= 15 is 0 Å². The highest BCUT2D eigenvalue weighted by atomic mass is 32.2. The van der Waals surface area contributed by atoms with Gasteiger partial charge < -0.3 is 19.6 Å². The van der Waals surface area contributed by atoms with Crippen LogP contribution in [0.25, 0.3) is 0 Å². The number of aliphatic hydroxyl groups is 1. The first-order chi connectivity index (χ1) is 18.0. The van der Waals surface area contributed by atoms with E-state index in [1.807, 2.05) is 19.2 Å². The van der Waals surface area contributed by atoms with Gasteiger partial charge >= 0.3 is 0 Å². The van der Waals surface area contributed by atoms with E-state index in [4.69, 9.17) is 4.74 Å². The summed E-state index contributed by atoms with van der Waals surface area (Å²) in [5.74, 6) is -1.72. The minimum atomic E-state index is -3.86. The number of β-amino-alcohol motifs (C(OH)–C–C–N with tert-alkyl or cyclic N) is 1. The number of hydrogen-bond acceptors (Lipinski definition) is 6. The molecule has 10 heteroatoms. The third kappa shape index (κ3) is 6.52. The summed E-state index contributed by atoms with van der Waals surface area (Å²) in [4.78, 5) is 4.55. The Balaban J connectivity index is 1.37. The Morgan fingerprint density at radius 3 is 2.42 bits per heavy atom. The lowest BCUT2D eigenvalue weighted by atomic mass is 9.77. The second-order valence-electron chi connectivity index (χ2n) is 12.3. The first kappa shape index (κ1) is 28.2. The molecule has 2 aliphatic carbocycles. The number of likely N-dealkylation sites (tertiary alicyclic amines) is 1. The van der Waals surface area contributed by atoms with Crippen LogP contribution in [0.15, 0.2) is 23.1 Å². The van der Waals surface area contributed by atoms with Crippen molar-refractivity contribution in [1.29, 1.82) is 0 Å². The Hall–Kier alpha value is -1.33. The number of nitrogens with zero attached hydrogens (tertiary/aromatic N) is 2. The number of likely N-dealkylation sites (N-methyl/N-ethyl adjacent to an activating group) is 1. The second kappa shape index (κ2) is 11.3. The number of fused-ring (bicyclic) bond motifs is 1. The molecule has 3 fully saturated rings. The van der Waals surface area contributed by atoms with Gasteiger partial charge in [0.2, 0.25) is 15.9 Å². The lowest BCUT2D eigenvalue weighted by molar-refractivity contribution is -0.0640. The molecule has 2 N–H and O–H groups in total. The van der Waals surface area contributed by atoms with Crippen molar-refractivity contribution < 1.29 is 27.0 Å². The molecule has 1 aromatic carbocycles. The average Bonchev–Trinajstić information content (AvgIpc) is 3.42. The molecule has 0 radical (unpaired) electrons. The number of benzene rings is 1. The minimum Gasteiger partial charge on any atom is -0.492 e. The molecule has 0 aromatic heterocycles. The van der Waals surface area contributed by atoms with E-state index in [0.717, 1.165) is 44.3 Å². The van der Waals surface area contributed by atoms with E-state index < -0.39 is 22.0 Å². The summed E-state index contributed by atoms with van der Waals surface area (Å²) in [6.07, 6.45) is 6.41. The summed E-state index contributed by atoms with van der Waals surface area (Å²) in [5, 5.41) is 10.6. The molecule has 1 atom stereocenters. The number of alkyl halides is 2. The zero-order valence-electron chi connectivity index (χ0n) is 22.5. The van der Waals surface area contributed by atoms with Gasteiger partial charge in [-0.25, -0.2) is 21.9 Å². The Kier molecular flexibility index (Phi) is 8.37. The number of rotatable bonds is 2. The van der Waals surface area contributed by atoms with E-state index in [1.165, 1.54) is 12.8 Å². The van der Waals surface area contributed by atoms with E-state index in [-0.39, 0.29) is 35.7 Å². The molecule has 0 amide bonds. The van der Waals surface area contributed by atoms with Crippen molar-refractivity contribution in [3.05, 3.63) is 23.8 Å². The van der Waals surface area contributed by atoms with Gasteiger partial charge in [-0.1, -0.05) is 18.9 Å². The van der Waals surface area contributed by atoms with Gasteiger partial charge in [0.1, 0.15) is 10.6 Å². The quantitative estimate of drug-likeness (QED) is 0.575. The standard InChI is InChI=1S/C28H43F2N3O4S/c1-32-18-24(34)17-31-38(35,36)26-7-6-22(21-4-2-3-5-21)16-25(26)37-20-27(19-32)12-14-33(15-13-27)23-8-10-28(29,30)11-9-23/h6-7,16,21,23-24,31,34H,2-5,8-15,17-20H2,1H3. The average molecular weight is 556 g/mol. The fourth-order valence-corrected chi connectivity index (χ4v) is 8.25. The van der Waals surface area contributed by atoms with Gasteiger partial charge in [0, 0.05) is 43.9 Å². The maximum absolute atomic E-state index is 13.7. The van der Waals surface area contributed by atoms with Gasteiger partial charge in [0.25, 0.3) is 0 Å². The van der Waals surface area contributed by atoms with Crippen LogP contribution in [-0.2, 0) is 10.0 Å². The van der Waals surface area contributed by atoms with Crippen molar-refractivity contribution in [3.8, 4) is 5.75 Å². The highest BCUT2D eigenvalue weighted by Gasteiger charge is 2.42.